The Balaban J connectivity index is 1.67. The fraction of sp³-hybridized carbons (Fsp3) is 0.615. The zero-order chi connectivity index (χ0) is 14.3. The Morgan fingerprint density at radius 1 is 1.60 bits per heavy atom. The van der Waals surface area contributed by atoms with Crippen LogP contribution in [-0.2, 0) is 22.6 Å². The third-order valence-corrected chi connectivity index (χ3v) is 5.19. The number of hydrogen-bond donors (Lipinski definition) is 1. The summed E-state index contributed by atoms with van der Waals surface area (Å²) >= 11 is 1.53. The third-order valence-electron chi connectivity index (χ3n) is 3.78. The Labute approximate surface area is 121 Å². The number of carbonyl (C=O) groups excluding carboxylic acids is 2. The Morgan fingerprint density at radius 2 is 2.40 bits per heavy atom. The van der Waals surface area contributed by atoms with E-state index in [1.165, 1.54) is 11.8 Å². The van der Waals surface area contributed by atoms with E-state index in [2.05, 4.69) is 10.5 Å². The van der Waals surface area contributed by atoms with Crippen LogP contribution in [0.15, 0.2) is 10.8 Å². The maximum atomic E-state index is 12.5. The average Bonchev–Trinajstić information content (AvgIpc) is 2.88. The maximum Gasteiger partial charge on any atom is 0.246 e. The van der Waals surface area contributed by atoms with E-state index in [0.717, 1.165) is 11.3 Å². The van der Waals surface area contributed by atoms with Crippen LogP contribution >= 0.6 is 11.8 Å². The number of nitrogens with one attached hydrogen (secondary N) is 1. The minimum Gasteiger partial charge on any atom is -0.364 e. The molecule has 1 fully saturated rings. The molecule has 1 aromatic rings. The summed E-state index contributed by atoms with van der Waals surface area (Å²) in [6.07, 6.45) is 2.29. The molecule has 1 atom stereocenters. The molecule has 6 nitrogen and oxygen atoms in total. The second-order valence-corrected chi connectivity index (χ2v) is 7.29. The summed E-state index contributed by atoms with van der Waals surface area (Å²) in [5.41, 5.74) is 1.89. The molecule has 2 aliphatic rings. The van der Waals surface area contributed by atoms with Crippen molar-refractivity contribution in [3.63, 3.8) is 0 Å². The van der Waals surface area contributed by atoms with Crippen LogP contribution in [0.3, 0.4) is 0 Å². The van der Waals surface area contributed by atoms with Gasteiger partial charge in [-0.2, -0.15) is 0 Å². The molecular formula is C13H17N3O3S. The number of nitrogens with zero attached hydrogens (tertiary/aromatic N) is 2. The molecule has 1 saturated heterocycles. The normalized spacial score (nSPS) is 25.0. The minimum absolute atomic E-state index is 0.0202. The molecule has 1 N–H and O–H groups in total. The Hall–Kier alpha value is -1.50. The highest BCUT2D eigenvalue weighted by molar-refractivity contribution is 8.01. The molecule has 0 aromatic carbocycles. The largest absolute Gasteiger partial charge is 0.364 e. The van der Waals surface area contributed by atoms with Gasteiger partial charge in [0, 0.05) is 24.3 Å². The lowest BCUT2D eigenvalue weighted by molar-refractivity contribution is -0.137. The first-order valence-electron chi connectivity index (χ1n) is 6.63. The molecular weight excluding hydrogens is 278 g/mol. The molecule has 0 saturated carbocycles. The highest BCUT2D eigenvalue weighted by Gasteiger charge is 2.39. The minimum atomic E-state index is -0.458. The number of thioether (sulfide) groups is 1. The van der Waals surface area contributed by atoms with E-state index in [4.69, 9.17) is 4.52 Å². The predicted molar refractivity (Wildman–Crippen MR) is 74.1 cm³/mol. The Morgan fingerprint density at radius 3 is 3.15 bits per heavy atom. The molecule has 3 heterocycles. The zero-order valence-corrected chi connectivity index (χ0v) is 12.3. The van der Waals surface area contributed by atoms with Crippen molar-refractivity contribution >= 4 is 23.6 Å². The molecule has 2 amide bonds. The van der Waals surface area contributed by atoms with E-state index in [0.29, 0.717) is 25.3 Å². The first kappa shape index (κ1) is 13.5. The van der Waals surface area contributed by atoms with E-state index in [-0.39, 0.29) is 11.8 Å². The molecule has 3 rings (SSSR count). The van der Waals surface area contributed by atoms with Crippen LogP contribution in [0.2, 0.25) is 0 Å². The smallest absolute Gasteiger partial charge is 0.246 e. The molecule has 7 heteroatoms. The van der Waals surface area contributed by atoms with Crippen molar-refractivity contribution in [3.8, 4) is 0 Å². The van der Waals surface area contributed by atoms with Gasteiger partial charge in [0.15, 0.2) is 0 Å². The number of hydrogen-bond acceptors (Lipinski definition) is 5. The van der Waals surface area contributed by atoms with Crippen molar-refractivity contribution < 1.29 is 14.1 Å². The summed E-state index contributed by atoms with van der Waals surface area (Å²) in [7, 11) is 0. The van der Waals surface area contributed by atoms with Gasteiger partial charge in [-0.25, -0.2) is 0 Å². The highest BCUT2D eigenvalue weighted by Crippen LogP contribution is 2.30. The second-order valence-electron chi connectivity index (χ2n) is 5.64. The molecule has 0 radical (unpaired) electrons. The lowest BCUT2D eigenvalue weighted by Crippen LogP contribution is -2.58. The van der Waals surface area contributed by atoms with Crippen LogP contribution in [-0.4, -0.2) is 45.0 Å². The van der Waals surface area contributed by atoms with E-state index in [1.807, 2.05) is 13.8 Å². The van der Waals surface area contributed by atoms with Crippen molar-refractivity contribution in [1.82, 2.24) is 15.4 Å². The van der Waals surface area contributed by atoms with Crippen molar-refractivity contribution in [2.24, 2.45) is 0 Å². The number of aromatic nitrogens is 1. The topological polar surface area (TPSA) is 75.4 Å². The van der Waals surface area contributed by atoms with Crippen LogP contribution in [0.1, 0.15) is 25.1 Å². The second kappa shape index (κ2) is 4.80. The predicted octanol–water partition coefficient (Wildman–Crippen LogP) is 0.569. The summed E-state index contributed by atoms with van der Waals surface area (Å²) < 4.78 is 4.47. The van der Waals surface area contributed by atoms with Gasteiger partial charge in [0.05, 0.1) is 17.0 Å². The fourth-order valence-corrected chi connectivity index (χ4v) is 3.41. The molecule has 0 bridgehead atoms. The molecule has 0 spiro atoms. The van der Waals surface area contributed by atoms with Crippen molar-refractivity contribution in [2.75, 3.05) is 12.3 Å². The summed E-state index contributed by atoms with van der Waals surface area (Å²) in [6, 6.07) is -0.429. The van der Waals surface area contributed by atoms with Gasteiger partial charge in [0.2, 0.25) is 11.8 Å². The standard InChI is InChI=1S/C13H17N3O3S/c1-13(2)12(18)14-10(7-20-13)11(17)16-4-3-9-8(5-16)6-19-15-9/h6,10H,3-5,7H2,1-2H3,(H,14,18). The van der Waals surface area contributed by atoms with Crippen molar-refractivity contribution in [3.05, 3.63) is 17.5 Å². The van der Waals surface area contributed by atoms with Crippen molar-refractivity contribution in [2.45, 2.75) is 37.6 Å². The van der Waals surface area contributed by atoms with E-state index >= 15 is 0 Å². The van der Waals surface area contributed by atoms with Crippen LogP contribution in [0.5, 0.6) is 0 Å². The van der Waals surface area contributed by atoms with Crippen LogP contribution in [0.25, 0.3) is 0 Å². The van der Waals surface area contributed by atoms with Gasteiger partial charge in [-0.1, -0.05) is 5.16 Å². The van der Waals surface area contributed by atoms with E-state index in [9.17, 15) is 9.59 Å². The molecule has 2 aliphatic heterocycles. The van der Waals surface area contributed by atoms with Crippen LogP contribution < -0.4 is 5.32 Å². The summed E-state index contributed by atoms with van der Waals surface area (Å²) in [5.74, 6) is 0.521. The number of rotatable bonds is 1. The van der Waals surface area contributed by atoms with Crippen molar-refractivity contribution in [1.29, 1.82) is 0 Å². The van der Waals surface area contributed by atoms with Crippen LogP contribution in [0.4, 0.5) is 0 Å². The fourth-order valence-electron chi connectivity index (χ4n) is 2.41. The first-order valence-corrected chi connectivity index (χ1v) is 7.62. The molecule has 0 aliphatic carbocycles. The van der Waals surface area contributed by atoms with Gasteiger partial charge < -0.3 is 14.7 Å². The van der Waals surface area contributed by atoms with E-state index in [1.54, 1.807) is 11.2 Å². The zero-order valence-electron chi connectivity index (χ0n) is 11.5. The molecule has 20 heavy (non-hydrogen) atoms. The summed E-state index contributed by atoms with van der Waals surface area (Å²) in [5, 5.41) is 6.74. The van der Waals surface area contributed by atoms with Gasteiger partial charge in [-0.15, -0.1) is 11.8 Å². The van der Waals surface area contributed by atoms with Gasteiger partial charge in [-0.3, -0.25) is 9.59 Å². The number of amides is 2. The molecule has 108 valence electrons. The Kier molecular flexibility index (Phi) is 3.24. The van der Waals surface area contributed by atoms with E-state index < -0.39 is 10.8 Å². The maximum absolute atomic E-state index is 12.5. The lowest BCUT2D eigenvalue weighted by atomic mass is 10.1. The SMILES string of the molecule is CC1(C)SCC(C(=O)N2CCc3nocc3C2)NC1=O. The monoisotopic (exact) mass is 295 g/mol. The quantitative estimate of drug-likeness (QED) is 0.820. The average molecular weight is 295 g/mol. The summed E-state index contributed by atoms with van der Waals surface area (Å²) in [4.78, 5) is 26.2. The van der Waals surface area contributed by atoms with Gasteiger partial charge in [-0.05, 0) is 13.8 Å². The molecule has 1 aromatic heterocycles. The molecule has 1 unspecified atom stereocenters. The van der Waals surface area contributed by atoms with Gasteiger partial charge in [0.1, 0.15) is 12.3 Å². The highest BCUT2D eigenvalue weighted by atomic mass is 32.2. The Bertz CT molecular complexity index is 555. The lowest BCUT2D eigenvalue weighted by Gasteiger charge is -2.36. The number of fused-ring (bicyclic) bond motifs is 1. The van der Waals surface area contributed by atoms with Gasteiger partial charge >= 0.3 is 0 Å². The van der Waals surface area contributed by atoms with Crippen LogP contribution in [0, 0.1) is 0 Å². The number of carbonyl (C=O) groups is 2. The first-order chi connectivity index (χ1) is 9.47. The third kappa shape index (κ3) is 2.30. The summed E-state index contributed by atoms with van der Waals surface area (Å²) in [6.45, 7) is 4.88. The van der Waals surface area contributed by atoms with Gasteiger partial charge in [0.25, 0.3) is 0 Å².